The van der Waals surface area contributed by atoms with Gasteiger partial charge < -0.3 is 9.47 Å². The highest BCUT2D eigenvalue weighted by molar-refractivity contribution is 5.55. The summed E-state index contributed by atoms with van der Waals surface area (Å²) in [5.41, 5.74) is 2.88. The normalized spacial score (nSPS) is 10.9. The molecule has 0 aliphatic heterocycles. The van der Waals surface area contributed by atoms with Gasteiger partial charge in [0.25, 0.3) is 0 Å². The summed E-state index contributed by atoms with van der Waals surface area (Å²) in [7, 11) is 3.17. The summed E-state index contributed by atoms with van der Waals surface area (Å²) in [6.45, 7) is 2.04. The molecular formula is C14H16N2O2. The highest BCUT2D eigenvalue weighted by Crippen LogP contribution is 2.20. The zero-order valence-electron chi connectivity index (χ0n) is 10.8. The van der Waals surface area contributed by atoms with Crippen molar-refractivity contribution in [2.75, 3.05) is 14.2 Å². The largest absolute Gasteiger partial charge is 0.350 e. The summed E-state index contributed by atoms with van der Waals surface area (Å²) in [5, 5.41) is 0. The van der Waals surface area contributed by atoms with Gasteiger partial charge in [0.1, 0.15) is 5.69 Å². The lowest BCUT2D eigenvalue weighted by Crippen LogP contribution is -2.07. The number of ether oxygens (including phenoxy) is 2. The first-order valence-electron chi connectivity index (χ1n) is 5.70. The lowest BCUT2D eigenvalue weighted by atomic mass is 10.1. The summed E-state index contributed by atoms with van der Waals surface area (Å²) in [5.74, 6) is 0.676. The third kappa shape index (κ3) is 2.72. The lowest BCUT2D eigenvalue weighted by molar-refractivity contribution is -0.108. The Hall–Kier alpha value is -1.78. The zero-order chi connectivity index (χ0) is 13.0. The fourth-order valence-corrected chi connectivity index (χ4v) is 1.76. The predicted octanol–water partition coefficient (Wildman–Crippen LogP) is 2.74. The van der Waals surface area contributed by atoms with E-state index in [1.807, 2.05) is 31.2 Å². The van der Waals surface area contributed by atoms with Crippen LogP contribution in [0.5, 0.6) is 0 Å². The molecule has 0 bridgehead atoms. The predicted molar refractivity (Wildman–Crippen MR) is 69.0 cm³/mol. The second kappa shape index (κ2) is 5.71. The van der Waals surface area contributed by atoms with Crippen LogP contribution < -0.4 is 0 Å². The first kappa shape index (κ1) is 12.7. The molecule has 94 valence electrons. The summed E-state index contributed by atoms with van der Waals surface area (Å²) >= 11 is 0. The smallest absolute Gasteiger partial charge is 0.200 e. The highest BCUT2D eigenvalue weighted by atomic mass is 16.7. The van der Waals surface area contributed by atoms with Crippen LogP contribution in [0, 0.1) is 6.92 Å². The molecule has 0 saturated heterocycles. The van der Waals surface area contributed by atoms with E-state index in [1.54, 1.807) is 26.5 Å². The van der Waals surface area contributed by atoms with Gasteiger partial charge in [0.15, 0.2) is 5.82 Å². The number of hydrogen-bond donors (Lipinski definition) is 0. The van der Waals surface area contributed by atoms with Crippen molar-refractivity contribution in [2.24, 2.45) is 0 Å². The van der Waals surface area contributed by atoms with Crippen molar-refractivity contribution >= 4 is 0 Å². The molecule has 0 spiro atoms. The molecule has 0 N–H and O–H groups in total. The molecule has 18 heavy (non-hydrogen) atoms. The molecule has 0 atom stereocenters. The molecule has 2 rings (SSSR count). The molecule has 0 aliphatic carbocycles. The summed E-state index contributed by atoms with van der Waals surface area (Å²) in [6.07, 6.45) is 1.25. The maximum Gasteiger partial charge on any atom is 0.200 e. The third-order valence-electron chi connectivity index (χ3n) is 2.62. The summed E-state index contributed by atoms with van der Waals surface area (Å²) < 4.78 is 10.4. The molecule has 0 aliphatic rings. The Morgan fingerprint density at radius 3 is 2.56 bits per heavy atom. The van der Waals surface area contributed by atoms with Crippen LogP contribution in [0.25, 0.3) is 11.4 Å². The van der Waals surface area contributed by atoms with Crippen LogP contribution in [-0.4, -0.2) is 24.2 Å². The van der Waals surface area contributed by atoms with Gasteiger partial charge in [-0.05, 0) is 19.1 Å². The zero-order valence-corrected chi connectivity index (χ0v) is 10.8. The Morgan fingerprint density at radius 2 is 1.89 bits per heavy atom. The molecule has 0 fully saturated rings. The molecule has 0 radical (unpaired) electrons. The van der Waals surface area contributed by atoms with E-state index in [0.29, 0.717) is 11.5 Å². The van der Waals surface area contributed by atoms with Crippen LogP contribution in [0.4, 0.5) is 0 Å². The number of aryl methyl sites for hydroxylation is 1. The number of benzene rings is 1. The number of aromatic nitrogens is 2. The molecular weight excluding hydrogens is 228 g/mol. The van der Waals surface area contributed by atoms with E-state index in [9.17, 15) is 0 Å². The maximum absolute atomic E-state index is 5.19. The van der Waals surface area contributed by atoms with Gasteiger partial charge in [-0.3, -0.25) is 0 Å². The minimum atomic E-state index is -0.462. The van der Waals surface area contributed by atoms with E-state index in [1.165, 1.54) is 5.56 Å². The van der Waals surface area contributed by atoms with E-state index in [-0.39, 0.29) is 0 Å². The number of nitrogens with zero attached hydrogens (tertiary/aromatic N) is 2. The molecule has 4 heteroatoms. The molecule has 1 aromatic carbocycles. The van der Waals surface area contributed by atoms with Crippen molar-refractivity contribution in [1.82, 2.24) is 9.97 Å². The summed E-state index contributed by atoms with van der Waals surface area (Å²) in [4.78, 5) is 8.74. The first-order chi connectivity index (χ1) is 8.74. The van der Waals surface area contributed by atoms with E-state index in [0.717, 1.165) is 5.56 Å². The van der Waals surface area contributed by atoms with E-state index in [4.69, 9.17) is 9.47 Å². The van der Waals surface area contributed by atoms with Crippen molar-refractivity contribution in [3.8, 4) is 11.4 Å². The maximum atomic E-state index is 5.19. The van der Waals surface area contributed by atoms with E-state index in [2.05, 4.69) is 9.97 Å². The van der Waals surface area contributed by atoms with Crippen LogP contribution in [0.2, 0.25) is 0 Å². The first-order valence-corrected chi connectivity index (χ1v) is 5.70. The van der Waals surface area contributed by atoms with Gasteiger partial charge in [-0.15, -0.1) is 0 Å². The van der Waals surface area contributed by atoms with Crippen LogP contribution in [-0.2, 0) is 9.47 Å². The highest BCUT2D eigenvalue weighted by Gasteiger charge is 2.12. The van der Waals surface area contributed by atoms with Gasteiger partial charge in [0, 0.05) is 26.0 Å². The summed E-state index contributed by atoms with van der Waals surface area (Å²) in [6, 6.07) is 9.86. The van der Waals surface area contributed by atoms with Gasteiger partial charge >= 0.3 is 0 Å². The number of methoxy groups -OCH3 is 2. The molecule has 4 nitrogen and oxygen atoms in total. The number of hydrogen-bond acceptors (Lipinski definition) is 4. The molecule has 1 heterocycles. The van der Waals surface area contributed by atoms with Crippen molar-refractivity contribution in [3.63, 3.8) is 0 Å². The van der Waals surface area contributed by atoms with E-state index < -0.39 is 6.29 Å². The third-order valence-corrected chi connectivity index (χ3v) is 2.62. The van der Waals surface area contributed by atoms with Crippen molar-refractivity contribution in [2.45, 2.75) is 13.2 Å². The Balaban J connectivity index is 2.38. The topological polar surface area (TPSA) is 44.2 Å². The SMILES string of the molecule is COC(OC)c1ccnc(-c2cccc(C)c2)n1. The Bertz CT molecular complexity index is 525. The van der Waals surface area contributed by atoms with Crippen molar-refractivity contribution in [1.29, 1.82) is 0 Å². The molecule has 0 unspecified atom stereocenters. The van der Waals surface area contributed by atoms with Crippen molar-refractivity contribution < 1.29 is 9.47 Å². The van der Waals surface area contributed by atoms with Gasteiger partial charge in [0.05, 0.1) is 0 Å². The second-order valence-corrected chi connectivity index (χ2v) is 3.98. The molecule has 0 amide bonds. The monoisotopic (exact) mass is 244 g/mol. The standard InChI is InChI=1S/C14H16N2O2/c1-10-5-4-6-11(9-10)13-15-8-7-12(16-13)14(17-2)18-3/h4-9,14H,1-3H3. The van der Waals surface area contributed by atoms with Crippen LogP contribution in [0.3, 0.4) is 0 Å². The average Bonchev–Trinajstić information content (AvgIpc) is 2.41. The van der Waals surface area contributed by atoms with Gasteiger partial charge in [-0.2, -0.15) is 0 Å². The molecule has 0 saturated carbocycles. The lowest BCUT2D eigenvalue weighted by Gasteiger charge is -2.13. The van der Waals surface area contributed by atoms with Gasteiger partial charge in [-0.1, -0.05) is 23.8 Å². The van der Waals surface area contributed by atoms with Gasteiger partial charge in [0.2, 0.25) is 6.29 Å². The number of rotatable bonds is 4. The second-order valence-electron chi connectivity index (χ2n) is 3.98. The molecule has 1 aromatic heterocycles. The minimum Gasteiger partial charge on any atom is -0.350 e. The van der Waals surface area contributed by atoms with E-state index >= 15 is 0 Å². The Morgan fingerprint density at radius 1 is 1.11 bits per heavy atom. The van der Waals surface area contributed by atoms with Gasteiger partial charge in [-0.25, -0.2) is 9.97 Å². The van der Waals surface area contributed by atoms with Crippen LogP contribution >= 0.6 is 0 Å². The average molecular weight is 244 g/mol. The Labute approximate surface area is 107 Å². The fourth-order valence-electron chi connectivity index (χ4n) is 1.76. The molecule has 2 aromatic rings. The van der Waals surface area contributed by atoms with Crippen LogP contribution in [0.1, 0.15) is 17.5 Å². The van der Waals surface area contributed by atoms with Crippen molar-refractivity contribution in [3.05, 3.63) is 47.8 Å². The minimum absolute atomic E-state index is 0.462. The Kier molecular flexibility index (Phi) is 4.02. The quantitative estimate of drug-likeness (QED) is 0.776. The fraction of sp³-hybridized carbons (Fsp3) is 0.286. The van der Waals surface area contributed by atoms with Crippen LogP contribution in [0.15, 0.2) is 36.5 Å².